The molecule has 2 nitrogen and oxygen atoms in total. The molecule has 1 atom stereocenters. The van der Waals surface area contributed by atoms with Gasteiger partial charge in [-0.05, 0) is 49.8 Å². The molecule has 1 unspecified atom stereocenters. The maximum Gasteiger partial charge on any atom is 0.0236 e. The number of hydrogen-bond acceptors (Lipinski definition) is 2. The van der Waals surface area contributed by atoms with E-state index in [4.69, 9.17) is 0 Å². The van der Waals surface area contributed by atoms with Gasteiger partial charge in [-0.15, -0.1) is 0 Å². The molecule has 2 aliphatic rings. The average Bonchev–Trinajstić information content (AvgIpc) is 3.16. The summed E-state index contributed by atoms with van der Waals surface area (Å²) in [7, 11) is 0. The molecule has 0 aromatic heterocycles. The number of rotatable bonds is 6. The molecule has 2 heteroatoms. The van der Waals surface area contributed by atoms with Crippen LogP contribution in [0.25, 0.3) is 0 Å². The minimum Gasteiger partial charge on any atom is -0.310 e. The highest BCUT2D eigenvalue weighted by Crippen LogP contribution is 2.23. The summed E-state index contributed by atoms with van der Waals surface area (Å²) in [6.07, 6.45) is 6.79. The van der Waals surface area contributed by atoms with Crippen LogP contribution in [-0.4, -0.2) is 23.5 Å². The van der Waals surface area contributed by atoms with Gasteiger partial charge in [0.2, 0.25) is 0 Å². The summed E-state index contributed by atoms with van der Waals surface area (Å²) in [6, 6.07) is 10.8. The molecule has 0 amide bonds. The van der Waals surface area contributed by atoms with Crippen LogP contribution in [0.3, 0.4) is 0 Å². The normalized spacial score (nSPS) is 23.9. The Hall–Kier alpha value is -0.860. The zero-order chi connectivity index (χ0) is 13.1. The molecule has 1 aliphatic heterocycles. The molecule has 2 fully saturated rings. The quantitative estimate of drug-likeness (QED) is 0.842. The van der Waals surface area contributed by atoms with Crippen LogP contribution in [0, 0.1) is 0 Å². The molecule has 1 aromatic carbocycles. The van der Waals surface area contributed by atoms with Crippen LogP contribution < -0.4 is 5.32 Å². The summed E-state index contributed by atoms with van der Waals surface area (Å²) in [5.74, 6) is 0. The first-order chi connectivity index (χ1) is 9.35. The van der Waals surface area contributed by atoms with Crippen LogP contribution >= 0.6 is 0 Å². The van der Waals surface area contributed by atoms with Crippen molar-refractivity contribution in [3.8, 4) is 0 Å². The highest BCUT2D eigenvalue weighted by atomic mass is 15.2. The fourth-order valence-electron chi connectivity index (χ4n) is 3.19. The molecule has 1 heterocycles. The molecule has 19 heavy (non-hydrogen) atoms. The van der Waals surface area contributed by atoms with Crippen LogP contribution in [0.5, 0.6) is 0 Å². The van der Waals surface area contributed by atoms with Gasteiger partial charge in [-0.25, -0.2) is 0 Å². The number of benzene rings is 1. The Labute approximate surface area is 117 Å². The predicted octanol–water partition coefficient (Wildman–Crippen LogP) is 3.31. The first-order valence-corrected chi connectivity index (χ1v) is 7.90. The lowest BCUT2D eigenvalue weighted by molar-refractivity contribution is 0.240. The van der Waals surface area contributed by atoms with Crippen LogP contribution in [-0.2, 0) is 13.1 Å². The molecule has 0 radical (unpaired) electrons. The second kappa shape index (κ2) is 6.06. The van der Waals surface area contributed by atoms with E-state index >= 15 is 0 Å². The van der Waals surface area contributed by atoms with Gasteiger partial charge in [0.1, 0.15) is 0 Å². The van der Waals surface area contributed by atoms with Gasteiger partial charge >= 0.3 is 0 Å². The van der Waals surface area contributed by atoms with Gasteiger partial charge in [0, 0.05) is 25.2 Å². The molecule has 3 rings (SSSR count). The van der Waals surface area contributed by atoms with Crippen molar-refractivity contribution in [2.75, 3.05) is 6.54 Å². The first kappa shape index (κ1) is 13.1. The van der Waals surface area contributed by atoms with Crippen molar-refractivity contribution in [3.63, 3.8) is 0 Å². The number of nitrogens with one attached hydrogen (secondary N) is 1. The standard InChI is InChI=1S/C17H26N2/c1-2-17-7-4-10-19(17)13-15-6-3-5-14(11-15)12-18-16-8-9-16/h3,5-6,11,16-18H,2,4,7-10,12-13H2,1H3. The van der Waals surface area contributed by atoms with Crippen LogP contribution in [0.1, 0.15) is 50.2 Å². The van der Waals surface area contributed by atoms with E-state index in [1.54, 1.807) is 0 Å². The van der Waals surface area contributed by atoms with Crippen molar-refractivity contribution in [2.24, 2.45) is 0 Å². The van der Waals surface area contributed by atoms with Crippen LogP contribution in [0.2, 0.25) is 0 Å². The van der Waals surface area contributed by atoms with E-state index in [-0.39, 0.29) is 0 Å². The van der Waals surface area contributed by atoms with Gasteiger partial charge in [-0.2, -0.15) is 0 Å². The second-order valence-corrected chi connectivity index (χ2v) is 6.15. The summed E-state index contributed by atoms with van der Waals surface area (Å²) >= 11 is 0. The van der Waals surface area contributed by atoms with E-state index < -0.39 is 0 Å². The Kier molecular flexibility index (Phi) is 4.19. The van der Waals surface area contributed by atoms with Gasteiger partial charge in [-0.1, -0.05) is 31.2 Å². The van der Waals surface area contributed by atoms with E-state index in [9.17, 15) is 0 Å². The van der Waals surface area contributed by atoms with Crippen molar-refractivity contribution in [3.05, 3.63) is 35.4 Å². The lowest BCUT2D eigenvalue weighted by Crippen LogP contribution is -2.28. The zero-order valence-corrected chi connectivity index (χ0v) is 12.1. The van der Waals surface area contributed by atoms with Gasteiger partial charge in [0.05, 0.1) is 0 Å². The van der Waals surface area contributed by atoms with Gasteiger partial charge in [-0.3, -0.25) is 4.90 Å². The molecule has 1 N–H and O–H groups in total. The van der Waals surface area contributed by atoms with Crippen molar-refractivity contribution in [2.45, 2.75) is 64.2 Å². The average molecular weight is 258 g/mol. The molecule has 1 aliphatic carbocycles. The third-order valence-corrected chi connectivity index (χ3v) is 4.52. The zero-order valence-electron chi connectivity index (χ0n) is 12.1. The maximum absolute atomic E-state index is 3.60. The Morgan fingerprint density at radius 2 is 2.05 bits per heavy atom. The third kappa shape index (κ3) is 3.58. The molecule has 0 spiro atoms. The lowest BCUT2D eigenvalue weighted by Gasteiger charge is -2.23. The first-order valence-electron chi connectivity index (χ1n) is 7.90. The molecular formula is C17H26N2. The monoisotopic (exact) mass is 258 g/mol. The summed E-state index contributed by atoms with van der Waals surface area (Å²) in [5, 5.41) is 3.60. The van der Waals surface area contributed by atoms with Gasteiger partial charge < -0.3 is 5.32 Å². The minimum atomic E-state index is 0.798. The fraction of sp³-hybridized carbons (Fsp3) is 0.647. The van der Waals surface area contributed by atoms with E-state index in [0.717, 1.165) is 25.2 Å². The molecule has 1 saturated carbocycles. The van der Waals surface area contributed by atoms with Crippen LogP contribution in [0.15, 0.2) is 24.3 Å². The molecule has 104 valence electrons. The van der Waals surface area contributed by atoms with E-state index in [2.05, 4.69) is 41.4 Å². The van der Waals surface area contributed by atoms with Crippen LogP contribution in [0.4, 0.5) is 0 Å². The highest BCUT2D eigenvalue weighted by molar-refractivity contribution is 5.23. The fourth-order valence-corrected chi connectivity index (χ4v) is 3.19. The lowest BCUT2D eigenvalue weighted by atomic mass is 10.1. The second-order valence-electron chi connectivity index (χ2n) is 6.15. The Morgan fingerprint density at radius 3 is 2.84 bits per heavy atom. The van der Waals surface area contributed by atoms with Crippen molar-refractivity contribution in [1.82, 2.24) is 10.2 Å². The number of likely N-dealkylation sites (tertiary alicyclic amines) is 1. The molecule has 0 bridgehead atoms. The van der Waals surface area contributed by atoms with E-state index in [0.29, 0.717) is 0 Å². The molecule has 1 aromatic rings. The highest BCUT2D eigenvalue weighted by Gasteiger charge is 2.23. The molecule has 1 saturated heterocycles. The van der Waals surface area contributed by atoms with Crippen molar-refractivity contribution in [1.29, 1.82) is 0 Å². The smallest absolute Gasteiger partial charge is 0.0236 e. The van der Waals surface area contributed by atoms with Crippen molar-refractivity contribution >= 4 is 0 Å². The summed E-state index contributed by atoms with van der Waals surface area (Å²) < 4.78 is 0. The van der Waals surface area contributed by atoms with E-state index in [1.165, 1.54) is 49.8 Å². The summed E-state index contributed by atoms with van der Waals surface area (Å²) in [4.78, 5) is 2.66. The Balaban J connectivity index is 1.58. The minimum absolute atomic E-state index is 0.798. The summed E-state index contributed by atoms with van der Waals surface area (Å²) in [6.45, 7) is 5.77. The Bertz CT molecular complexity index is 411. The van der Waals surface area contributed by atoms with E-state index in [1.807, 2.05) is 0 Å². The summed E-state index contributed by atoms with van der Waals surface area (Å²) in [5.41, 5.74) is 2.92. The molecular weight excluding hydrogens is 232 g/mol. The predicted molar refractivity (Wildman–Crippen MR) is 80.0 cm³/mol. The SMILES string of the molecule is CCC1CCCN1Cc1cccc(CNC2CC2)c1. The largest absolute Gasteiger partial charge is 0.310 e. The number of hydrogen-bond donors (Lipinski definition) is 1. The topological polar surface area (TPSA) is 15.3 Å². The Morgan fingerprint density at radius 1 is 1.21 bits per heavy atom. The van der Waals surface area contributed by atoms with Crippen molar-refractivity contribution < 1.29 is 0 Å². The maximum atomic E-state index is 3.60. The number of nitrogens with zero attached hydrogens (tertiary/aromatic N) is 1. The third-order valence-electron chi connectivity index (χ3n) is 4.52. The van der Waals surface area contributed by atoms with Gasteiger partial charge in [0.15, 0.2) is 0 Å². The van der Waals surface area contributed by atoms with Gasteiger partial charge in [0.25, 0.3) is 0 Å².